The zero-order valence-electron chi connectivity index (χ0n) is 15.7. The summed E-state index contributed by atoms with van der Waals surface area (Å²) in [6, 6.07) is 12.9. The minimum atomic E-state index is -0.954. The molecule has 0 fully saturated rings. The molecule has 2 aromatic carbocycles. The van der Waals surface area contributed by atoms with Crippen LogP contribution in [0.2, 0.25) is 5.02 Å². The number of ether oxygens (including phenoxy) is 1. The van der Waals surface area contributed by atoms with E-state index in [1.54, 1.807) is 17.5 Å². The molecule has 1 heterocycles. The molecule has 0 aliphatic carbocycles. The summed E-state index contributed by atoms with van der Waals surface area (Å²) in [5, 5.41) is 5.63. The molecule has 28 heavy (non-hydrogen) atoms. The van der Waals surface area contributed by atoms with Crippen molar-refractivity contribution in [1.29, 1.82) is 0 Å². The first-order valence-corrected chi connectivity index (χ1v) is 9.90. The van der Waals surface area contributed by atoms with Crippen LogP contribution in [0.1, 0.15) is 28.5 Å². The second kappa shape index (κ2) is 8.54. The van der Waals surface area contributed by atoms with Crippen LogP contribution in [-0.2, 0) is 9.53 Å². The summed E-state index contributed by atoms with van der Waals surface area (Å²) in [4.78, 5) is 29.0. The summed E-state index contributed by atoms with van der Waals surface area (Å²) >= 11 is 7.30. The highest BCUT2D eigenvalue weighted by Crippen LogP contribution is 2.26. The van der Waals surface area contributed by atoms with Gasteiger partial charge in [-0.3, -0.25) is 4.79 Å². The van der Waals surface area contributed by atoms with Gasteiger partial charge >= 0.3 is 5.97 Å². The van der Waals surface area contributed by atoms with Gasteiger partial charge in [-0.05, 0) is 44.5 Å². The van der Waals surface area contributed by atoms with Crippen LogP contribution in [0.25, 0.3) is 10.6 Å². The van der Waals surface area contributed by atoms with Crippen molar-refractivity contribution in [1.82, 2.24) is 4.98 Å². The standard InChI is InChI=1S/C21H19ClN2O3S/c1-12-7-8-17(13(2)9-12)23-19(25)14(3)27-21(26)18-11-28-20(24-18)15-5-4-6-16(22)10-15/h4-11,14H,1-3H3,(H,23,25). The first-order chi connectivity index (χ1) is 13.3. The zero-order chi connectivity index (χ0) is 20.3. The molecule has 1 atom stereocenters. The second-order valence-electron chi connectivity index (χ2n) is 6.40. The summed E-state index contributed by atoms with van der Waals surface area (Å²) in [5.41, 5.74) is 3.71. The molecule has 144 valence electrons. The van der Waals surface area contributed by atoms with E-state index in [2.05, 4.69) is 10.3 Å². The zero-order valence-corrected chi connectivity index (χ0v) is 17.2. The van der Waals surface area contributed by atoms with E-state index in [4.69, 9.17) is 16.3 Å². The van der Waals surface area contributed by atoms with Gasteiger partial charge < -0.3 is 10.1 Å². The quantitative estimate of drug-likeness (QED) is 0.578. The van der Waals surface area contributed by atoms with Crippen LogP contribution >= 0.6 is 22.9 Å². The van der Waals surface area contributed by atoms with E-state index < -0.39 is 18.0 Å². The van der Waals surface area contributed by atoms with Crippen molar-refractivity contribution >= 4 is 40.5 Å². The van der Waals surface area contributed by atoms with Crippen molar-refractivity contribution in [3.05, 3.63) is 69.7 Å². The lowest BCUT2D eigenvalue weighted by molar-refractivity contribution is -0.123. The smallest absolute Gasteiger partial charge is 0.358 e. The number of aryl methyl sites for hydroxylation is 2. The molecule has 1 unspecified atom stereocenters. The monoisotopic (exact) mass is 414 g/mol. The Bertz CT molecular complexity index is 1030. The maximum atomic E-state index is 12.4. The van der Waals surface area contributed by atoms with Gasteiger partial charge in [0.05, 0.1) is 0 Å². The summed E-state index contributed by atoms with van der Waals surface area (Å²) in [7, 11) is 0. The van der Waals surface area contributed by atoms with Crippen molar-refractivity contribution in [3.8, 4) is 10.6 Å². The minimum absolute atomic E-state index is 0.158. The van der Waals surface area contributed by atoms with Gasteiger partial charge in [0.25, 0.3) is 5.91 Å². The molecule has 0 spiro atoms. The lowest BCUT2D eigenvalue weighted by atomic mass is 10.1. The van der Waals surface area contributed by atoms with Gasteiger partial charge in [0.15, 0.2) is 11.8 Å². The number of anilines is 1. The van der Waals surface area contributed by atoms with Crippen LogP contribution in [0.3, 0.4) is 0 Å². The molecule has 5 nitrogen and oxygen atoms in total. The fourth-order valence-corrected chi connectivity index (χ4v) is 3.56. The highest BCUT2D eigenvalue weighted by atomic mass is 35.5. The van der Waals surface area contributed by atoms with Gasteiger partial charge in [-0.25, -0.2) is 9.78 Å². The van der Waals surface area contributed by atoms with Crippen LogP contribution in [0, 0.1) is 13.8 Å². The van der Waals surface area contributed by atoms with Gasteiger partial charge in [-0.1, -0.05) is 41.4 Å². The number of amides is 1. The number of nitrogens with zero attached hydrogens (tertiary/aromatic N) is 1. The third kappa shape index (κ3) is 4.77. The maximum Gasteiger partial charge on any atom is 0.358 e. The van der Waals surface area contributed by atoms with E-state index in [1.165, 1.54) is 18.3 Å². The van der Waals surface area contributed by atoms with E-state index in [9.17, 15) is 9.59 Å². The topological polar surface area (TPSA) is 68.3 Å². The first kappa shape index (κ1) is 20.0. The van der Waals surface area contributed by atoms with Crippen molar-refractivity contribution in [2.75, 3.05) is 5.32 Å². The van der Waals surface area contributed by atoms with Crippen LogP contribution in [0.5, 0.6) is 0 Å². The third-order valence-corrected chi connectivity index (χ3v) is 5.20. The molecule has 3 rings (SSSR count). The van der Waals surface area contributed by atoms with Gasteiger partial charge in [-0.15, -0.1) is 11.3 Å². The van der Waals surface area contributed by atoms with Crippen LogP contribution < -0.4 is 5.32 Å². The molecule has 0 bridgehead atoms. The Balaban J connectivity index is 1.64. The lowest BCUT2D eigenvalue weighted by Crippen LogP contribution is -2.30. The van der Waals surface area contributed by atoms with Gasteiger partial charge in [-0.2, -0.15) is 0 Å². The predicted octanol–water partition coefficient (Wildman–Crippen LogP) is 5.26. The molecule has 0 aliphatic rings. The summed E-state index contributed by atoms with van der Waals surface area (Å²) in [6.45, 7) is 5.42. The van der Waals surface area contributed by atoms with Crippen LogP contribution in [-0.4, -0.2) is 23.0 Å². The number of benzene rings is 2. The number of thiazole rings is 1. The predicted molar refractivity (Wildman–Crippen MR) is 112 cm³/mol. The Labute approximate surface area is 172 Å². The first-order valence-electron chi connectivity index (χ1n) is 8.64. The second-order valence-corrected chi connectivity index (χ2v) is 7.70. The third-order valence-electron chi connectivity index (χ3n) is 4.08. The van der Waals surface area contributed by atoms with Crippen molar-refractivity contribution in [3.63, 3.8) is 0 Å². The average molecular weight is 415 g/mol. The molecule has 1 amide bonds. The Morgan fingerprint density at radius 1 is 1.18 bits per heavy atom. The molecule has 7 heteroatoms. The lowest BCUT2D eigenvalue weighted by Gasteiger charge is -2.14. The molecule has 1 N–H and O–H groups in total. The number of carbonyl (C=O) groups excluding carboxylic acids is 2. The Kier molecular flexibility index (Phi) is 6.11. The van der Waals surface area contributed by atoms with E-state index in [-0.39, 0.29) is 5.69 Å². The SMILES string of the molecule is Cc1ccc(NC(=O)C(C)OC(=O)c2csc(-c3cccc(Cl)c3)n2)c(C)c1. The molecule has 3 aromatic rings. The highest BCUT2D eigenvalue weighted by molar-refractivity contribution is 7.13. The normalized spacial score (nSPS) is 11.7. The summed E-state index contributed by atoms with van der Waals surface area (Å²) < 4.78 is 5.27. The molecular formula is C21H19ClN2O3S. The van der Waals surface area contributed by atoms with Crippen molar-refractivity contribution in [2.24, 2.45) is 0 Å². The number of hydrogen-bond acceptors (Lipinski definition) is 5. The number of hydrogen-bond donors (Lipinski definition) is 1. The van der Waals surface area contributed by atoms with Crippen LogP contribution in [0.4, 0.5) is 5.69 Å². The van der Waals surface area contributed by atoms with Gasteiger partial charge in [0, 0.05) is 21.7 Å². The van der Waals surface area contributed by atoms with Crippen LogP contribution in [0.15, 0.2) is 47.8 Å². The highest BCUT2D eigenvalue weighted by Gasteiger charge is 2.21. The van der Waals surface area contributed by atoms with E-state index in [0.717, 1.165) is 16.7 Å². The molecule has 0 saturated heterocycles. The van der Waals surface area contributed by atoms with E-state index in [1.807, 2.05) is 44.2 Å². The van der Waals surface area contributed by atoms with Gasteiger partial charge in [0.2, 0.25) is 0 Å². The van der Waals surface area contributed by atoms with E-state index in [0.29, 0.717) is 15.7 Å². The molecule has 0 saturated carbocycles. The molecule has 0 radical (unpaired) electrons. The molecular weight excluding hydrogens is 396 g/mol. The maximum absolute atomic E-state index is 12.4. The number of esters is 1. The molecule has 1 aromatic heterocycles. The number of nitrogens with one attached hydrogen (secondary N) is 1. The number of carbonyl (C=O) groups is 2. The van der Waals surface area contributed by atoms with Crippen molar-refractivity contribution < 1.29 is 14.3 Å². The number of halogens is 1. The fourth-order valence-electron chi connectivity index (χ4n) is 2.58. The number of rotatable bonds is 5. The van der Waals surface area contributed by atoms with E-state index >= 15 is 0 Å². The fraction of sp³-hybridized carbons (Fsp3) is 0.190. The average Bonchev–Trinajstić information content (AvgIpc) is 3.14. The minimum Gasteiger partial charge on any atom is -0.448 e. The summed E-state index contributed by atoms with van der Waals surface area (Å²) in [5.74, 6) is -1.04. The Morgan fingerprint density at radius 2 is 1.96 bits per heavy atom. The molecule has 0 aliphatic heterocycles. The number of aromatic nitrogens is 1. The Hall–Kier alpha value is -2.70. The Morgan fingerprint density at radius 3 is 2.68 bits per heavy atom. The van der Waals surface area contributed by atoms with Crippen molar-refractivity contribution in [2.45, 2.75) is 26.9 Å². The summed E-state index contributed by atoms with van der Waals surface area (Å²) in [6.07, 6.45) is -0.954. The van der Waals surface area contributed by atoms with Gasteiger partial charge in [0.1, 0.15) is 5.01 Å². The largest absolute Gasteiger partial charge is 0.448 e.